The lowest BCUT2D eigenvalue weighted by molar-refractivity contribution is 0.546. The van der Waals surface area contributed by atoms with E-state index in [0.29, 0.717) is 5.56 Å². The molecule has 1 atom stereocenters. The van der Waals surface area contributed by atoms with Gasteiger partial charge in [0.1, 0.15) is 5.82 Å². The fourth-order valence-corrected chi connectivity index (χ4v) is 1.76. The number of hydrogen-bond donors (Lipinski definition) is 1. The fourth-order valence-electron chi connectivity index (χ4n) is 1.76. The predicted octanol–water partition coefficient (Wildman–Crippen LogP) is 0.386. The maximum absolute atomic E-state index is 12.8. The summed E-state index contributed by atoms with van der Waals surface area (Å²) in [5.41, 5.74) is 5.42. The molecule has 0 fully saturated rings. The number of benzene rings is 1. The number of halogens is 1. The first-order chi connectivity index (χ1) is 8.99. The van der Waals surface area contributed by atoms with Gasteiger partial charge in [0, 0.05) is 32.0 Å². The summed E-state index contributed by atoms with van der Waals surface area (Å²) in [6.45, 7) is 0.167. The van der Waals surface area contributed by atoms with Crippen LogP contribution >= 0.6 is 0 Å². The molecule has 0 aliphatic heterocycles. The topological polar surface area (TPSA) is 70.0 Å². The van der Waals surface area contributed by atoms with Crippen LogP contribution in [0, 0.1) is 5.82 Å². The van der Waals surface area contributed by atoms with E-state index in [4.69, 9.17) is 5.73 Å². The van der Waals surface area contributed by atoms with Gasteiger partial charge >= 0.3 is 11.1 Å². The van der Waals surface area contributed by atoms with E-state index >= 15 is 0 Å². The van der Waals surface area contributed by atoms with E-state index in [-0.39, 0.29) is 12.4 Å². The van der Waals surface area contributed by atoms with E-state index in [1.807, 2.05) is 0 Å². The van der Waals surface area contributed by atoms with Gasteiger partial charge in [-0.25, -0.2) is 4.39 Å². The van der Waals surface area contributed by atoms with E-state index in [0.717, 1.165) is 0 Å². The molecule has 1 heterocycles. The predicted molar refractivity (Wildman–Crippen MR) is 69.3 cm³/mol. The van der Waals surface area contributed by atoms with Crippen molar-refractivity contribution in [3.8, 4) is 0 Å². The van der Waals surface area contributed by atoms with Crippen LogP contribution in [0.25, 0.3) is 0 Å². The first-order valence-electron chi connectivity index (χ1n) is 5.76. The molecule has 1 unspecified atom stereocenters. The summed E-state index contributed by atoms with van der Waals surface area (Å²) in [4.78, 5) is 23.2. The molecule has 0 saturated heterocycles. The molecule has 0 spiro atoms. The molecule has 1 aromatic carbocycles. The van der Waals surface area contributed by atoms with Crippen molar-refractivity contribution in [1.29, 1.82) is 0 Å². The van der Waals surface area contributed by atoms with Gasteiger partial charge in [0.15, 0.2) is 0 Å². The minimum atomic E-state index is -0.623. The summed E-state index contributed by atoms with van der Waals surface area (Å²) < 4.78 is 15.3. The van der Waals surface area contributed by atoms with E-state index in [1.54, 1.807) is 12.1 Å². The van der Waals surface area contributed by atoms with Gasteiger partial charge in [-0.1, -0.05) is 12.1 Å². The van der Waals surface area contributed by atoms with Gasteiger partial charge in [-0.2, -0.15) is 0 Å². The molecule has 0 saturated carbocycles. The van der Waals surface area contributed by atoms with Crippen molar-refractivity contribution < 1.29 is 4.39 Å². The van der Waals surface area contributed by atoms with E-state index < -0.39 is 17.2 Å². The Morgan fingerprint density at radius 3 is 2.42 bits per heavy atom. The average molecular weight is 263 g/mol. The number of nitrogens with zero attached hydrogens (tertiary/aromatic N) is 2. The second-order valence-electron chi connectivity index (χ2n) is 4.33. The molecule has 1 aromatic heterocycles. The maximum atomic E-state index is 12.8. The second kappa shape index (κ2) is 5.19. The zero-order valence-electron chi connectivity index (χ0n) is 10.4. The van der Waals surface area contributed by atoms with Crippen molar-refractivity contribution in [2.45, 2.75) is 12.6 Å². The lowest BCUT2D eigenvalue weighted by Gasteiger charge is -2.14. The number of nitrogens with two attached hydrogens (primary N) is 1. The highest BCUT2D eigenvalue weighted by Crippen LogP contribution is 2.12. The molecule has 19 heavy (non-hydrogen) atoms. The minimum Gasteiger partial charge on any atom is -0.322 e. The van der Waals surface area contributed by atoms with Crippen LogP contribution in [0.1, 0.15) is 11.6 Å². The highest BCUT2D eigenvalue weighted by molar-refractivity contribution is 5.19. The van der Waals surface area contributed by atoms with E-state index in [9.17, 15) is 14.0 Å². The molecule has 0 aliphatic rings. The monoisotopic (exact) mass is 263 g/mol. The Labute approximate surface area is 108 Å². The molecule has 2 aromatic rings. The molecule has 0 amide bonds. The summed E-state index contributed by atoms with van der Waals surface area (Å²) in [7, 11) is 1.51. The Morgan fingerprint density at radius 1 is 1.16 bits per heavy atom. The van der Waals surface area contributed by atoms with E-state index in [2.05, 4.69) is 0 Å². The van der Waals surface area contributed by atoms with Crippen LogP contribution in [-0.4, -0.2) is 9.13 Å². The lowest BCUT2D eigenvalue weighted by Crippen LogP contribution is -2.40. The summed E-state index contributed by atoms with van der Waals surface area (Å²) in [6, 6.07) is 5.26. The van der Waals surface area contributed by atoms with Crippen LogP contribution in [0.15, 0.2) is 46.2 Å². The number of aromatic nitrogens is 2. The molecule has 2 rings (SSSR count). The largest absolute Gasteiger partial charge is 0.322 e. The SMILES string of the molecule is Cn1ccn(CC(N)c2ccc(F)cc2)c(=O)c1=O. The summed E-state index contributed by atoms with van der Waals surface area (Å²) in [5.74, 6) is -0.346. The van der Waals surface area contributed by atoms with Crippen molar-refractivity contribution >= 4 is 0 Å². The Kier molecular flexibility index (Phi) is 3.62. The average Bonchev–Trinajstić information content (AvgIpc) is 2.40. The molecule has 0 radical (unpaired) electrons. The van der Waals surface area contributed by atoms with Crippen LogP contribution in [0.4, 0.5) is 4.39 Å². The van der Waals surface area contributed by atoms with Gasteiger partial charge in [0.2, 0.25) is 0 Å². The summed E-state index contributed by atoms with van der Waals surface area (Å²) in [5, 5.41) is 0. The summed E-state index contributed by atoms with van der Waals surface area (Å²) in [6.07, 6.45) is 3.01. The Hall–Kier alpha value is -2.21. The van der Waals surface area contributed by atoms with Crippen LogP contribution < -0.4 is 16.9 Å². The molecular formula is C13H14FN3O2. The highest BCUT2D eigenvalue weighted by atomic mass is 19.1. The molecule has 5 nitrogen and oxygen atoms in total. The summed E-state index contributed by atoms with van der Waals surface area (Å²) >= 11 is 0. The molecule has 100 valence electrons. The zero-order valence-corrected chi connectivity index (χ0v) is 10.4. The molecule has 2 N–H and O–H groups in total. The second-order valence-corrected chi connectivity index (χ2v) is 4.33. The van der Waals surface area contributed by atoms with Crippen LogP contribution in [-0.2, 0) is 13.6 Å². The van der Waals surface area contributed by atoms with Crippen molar-refractivity contribution in [2.75, 3.05) is 0 Å². The Bertz CT molecular complexity index is 688. The standard InChI is InChI=1S/C13H14FN3O2/c1-16-6-7-17(13(19)12(16)18)8-11(15)9-2-4-10(14)5-3-9/h2-7,11H,8,15H2,1H3. The number of rotatable bonds is 3. The van der Waals surface area contributed by atoms with Crippen LogP contribution in [0.2, 0.25) is 0 Å². The first kappa shape index (κ1) is 13.2. The van der Waals surface area contributed by atoms with Gasteiger partial charge in [0.25, 0.3) is 0 Å². The normalized spacial score (nSPS) is 12.4. The first-order valence-corrected chi connectivity index (χ1v) is 5.76. The smallest absolute Gasteiger partial charge is 0.316 e. The third-order valence-corrected chi connectivity index (χ3v) is 2.93. The molecule has 0 aliphatic carbocycles. The zero-order chi connectivity index (χ0) is 14.0. The number of aryl methyl sites for hydroxylation is 1. The molecular weight excluding hydrogens is 249 g/mol. The van der Waals surface area contributed by atoms with Crippen LogP contribution in [0.5, 0.6) is 0 Å². The van der Waals surface area contributed by atoms with E-state index in [1.165, 1.54) is 40.7 Å². The minimum absolute atomic E-state index is 0.167. The van der Waals surface area contributed by atoms with Crippen molar-refractivity contribution in [2.24, 2.45) is 12.8 Å². The molecule has 0 bridgehead atoms. The third kappa shape index (κ3) is 2.79. The van der Waals surface area contributed by atoms with Gasteiger partial charge in [0.05, 0.1) is 0 Å². The van der Waals surface area contributed by atoms with Gasteiger partial charge in [-0.05, 0) is 17.7 Å². The van der Waals surface area contributed by atoms with Gasteiger partial charge < -0.3 is 14.9 Å². The molecule has 6 heteroatoms. The Morgan fingerprint density at radius 2 is 1.79 bits per heavy atom. The van der Waals surface area contributed by atoms with Gasteiger partial charge in [-0.3, -0.25) is 9.59 Å². The van der Waals surface area contributed by atoms with Crippen molar-refractivity contribution in [3.63, 3.8) is 0 Å². The van der Waals surface area contributed by atoms with Crippen LogP contribution in [0.3, 0.4) is 0 Å². The maximum Gasteiger partial charge on any atom is 0.316 e. The highest BCUT2D eigenvalue weighted by Gasteiger charge is 2.09. The lowest BCUT2D eigenvalue weighted by atomic mass is 10.1. The van der Waals surface area contributed by atoms with Crippen molar-refractivity contribution in [3.05, 3.63) is 68.7 Å². The Balaban J connectivity index is 2.27. The quantitative estimate of drug-likeness (QED) is 0.814. The van der Waals surface area contributed by atoms with Gasteiger partial charge in [-0.15, -0.1) is 0 Å². The number of hydrogen-bond acceptors (Lipinski definition) is 3. The fraction of sp³-hybridized carbons (Fsp3) is 0.231. The van der Waals surface area contributed by atoms with Crippen molar-refractivity contribution in [1.82, 2.24) is 9.13 Å². The third-order valence-electron chi connectivity index (χ3n) is 2.93.